The number of hydrogen-bond acceptors (Lipinski definition) is 3. The molecule has 2 nitrogen and oxygen atoms in total. The molecule has 0 aliphatic carbocycles. The van der Waals surface area contributed by atoms with Gasteiger partial charge in [-0.2, -0.15) is 11.3 Å². The van der Waals surface area contributed by atoms with E-state index in [-0.39, 0.29) is 5.41 Å². The number of hydrogen-bond donors (Lipinski definition) is 1. The van der Waals surface area contributed by atoms with Gasteiger partial charge in [-0.1, -0.05) is 18.2 Å². The smallest absolute Gasteiger partial charge is 0.122 e. The van der Waals surface area contributed by atoms with Gasteiger partial charge in [-0.05, 0) is 53.3 Å². The van der Waals surface area contributed by atoms with Gasteiger partial charge in [0.05, 0.1) is 6.61 Å². The van der Waals surface area contributed by atoms with Gasteiger partial charge in [0.1, 0.15) is 5.75 Å². The van der Waals surface area contributed by atoms with Crippen LogP contribution in [-0.2, 0) is 12.8 Å². The zero-order chi connectivity index (χ0) is 13.1. The summed E-state index contributed by atoms with van der Waals surface area (Å²) in [6, 6.07) is 10.5. The Bertz CT molecular complexity index is 537. The second kappa shape index (κ2) is 5.35. The molecule has 100 valence electrons. The maximum absolute atomic E-state index is 6.06. The van der Waals surface area contributed by atoms with Gasteiger partial charge in [-0.25, -0.2) is 0 Å². The molecular weight excluding hydrogens is 254 g/mol. The molecule has 1 unspecified atom stereocenters. The summed E-state index contributed by atoms with van der Waals surface area (Å²) in [6.07, 6.45) is 3.21. The van der Waals surface area contributed by atoms with Gasteiger partial charge in [-0.15, -0.1) is 0 Å². The van der Waals surface area contributed by atoms with Crippen LogP contribution in [0.25, 0.3) is 0 Å². The number of thiophene rings is 1. The molecule has 1 aromatic carbocycles. The van der Waals surface area contributed by atoms with E-state index in [0.29, 0.717) is 6.54 Å². The van der Waals surface area contributed by atoms with Gasteiger partial charge in [-0.3, -0.25) is 0 Å². The van der Waals surface area contributed by atoms with Gasteiger partial charge in [0, 0.05) is 12.0 Å². The number of fused-ring (bicyclic) bond motifs is 1. The molecule has 2 N–H and O–H groups in total. The van der Waals surface area contributed by atoms with E-state index in [1.165, 1.54) is 11.1 Å². The highest BCUT2D eigenvalue weighted by Gasteiger charge is 2.34. The van der Waals surface area contributed by atoms with Gasteiger partial charge >= 0.3 is 0 Å². The van der Waals surface area contributed by atoms with E-state index in [9.17, 15) is 0 Å². The molecule has 1 aliphatic heterocycles. The summed E-state index contributed by atoms with van der Waals surface area (Å²) in [4.78, 5) is 0. The molecule has 0 bridgehead atoms. The van der Waals surface area contributed by atoms with E-state index in [1.54, 1.807) is 11.3 Å². The Morgan fingerprint density at radius 1 is 1.26 bits per heavy atom. The molecule has 2 aromatic rings. The Balaban J connectivity index is 1.74. The topological polar surface area (TPSA) is 35.2 Å². The van der Waals surface area contributed by atoms with E-state index in [0.717, 1.165) is 31.6 Å². The van der Waals surface area contributed by atoms with Crippen molar-refractivity contribution < 1.29 is 4.74 Å². The van der Waals surface area contributed by atoms with E-state index in [1.807, 2.05) is 6.07 Å². The monoisotopic (exact) mass is 273 g/mol. The van der Waals surface area contributed by atoms with Crippen LogP contribution < -0.4 is 10.5 Å². The van der Waals surface area contributed by atoms with Crippen LogP contribution in [0.4, 0.5) is 0 Å². The SMILES string of the molecule is NCC1(CCc2ccsc2)COc2ccccc2C1. The average Bonchev–Trinajstić information content (AvgIpc) is 2.98. The summed E-state index contributed by atoms with van der Waals surface area (Å²) in [6.45, 7) is 1.43. The molecule has 0 saturated heterocycles. The van der Waals surface area contributed by atoms with Crippen molar-refractivity contribution in [1.29, 1.82) is 0 Å². The Morgan fingerprint density at radius 2 is 2.16 bits per heavy atom. The molecule has 1 aliphatic rings. The predicted molar refractivity (Wildman–Crippen MR) is 79.8 cm³/mol. The van der Waals surface area contributed by atoms with Crippen LogP contribution in [0.2, 0.25) is 0 Å². The second-order valence-electron chi connectivity index (χ2n) is 5.41. The highest BCUT2D eigenvalue weighted by molar-refractivity contribution is 7.07. The number of benzene rings is 1. The van der Waals surface area contributed by atoms with Crippen molar-refractivity contribution in [3.8, 4) is 5.75 Å². The zero-order valence-electron chi connectivity index (χ0n) is 11.0. The average molecular weight is 273 g/mol. The molecule has 3 rings (SSSR count). The van der Waals surface area contributed by atoms with Gasteiger partial charge < -0.3 is 10.5 Å². The van der Waals surface area contributed by atoms with Crippen molar-refractivity contribution in [2.45, 2.75) is 19.3 Å². The highest BCUT2D eigenvalue weighted by Crippen LogP contribution is 2.37. The number of aryl methyl sites for hydroxylation is 1. The Labute approximate surface area is 118 Å². The minimum Gasteiger partial charge on any atom is -0.493 e. The first-order chi connectivity index (χ1) is 9.31. The molecule has 2 heterocycles. The molecule has 0 fully saturated rings. The fraction of sp³-hybridized carbons (Fsp3) is 0.375. The highest BCUT2D eigenvalue weighted by atomic mass is 32.1. The molecule has 0 amide bonds. The molecular formula is C16H19NOS. The third-order valence-corrected chi connectivity index (χ3v) is 4.76. The third-order valence-electron chi connectivity index (χ3n) is 4.03. The van der Waals surface area contributed by atoms with E-state index in [4.69, 9.17) is 10.5 Å². The van der Waals surface area contributed by atoms with Gasteiger partial charge in [0.15, 0.2) is 0 Å². The van der Waals surface area contributed by atoms with E-state index in [2.05, 4.69) is 35.0 Å². The van der Waals surface area contributed by atoms with Crippen molar-refractivity contribution >= 4 is 11.3 Å². The van der Waals surface area contributed by atoms with Crippen LogP contribution in [0.5, 0.6) is 5.75 Å². The number of para-hydroxylation sites is 1. The number of rotatable bonds is 4. The molecule has 1 atom stereocenters. The standard InChI is InChI=1S/C16H19NOS/c17-11-16(7-5-13-6-8-19-10-13)9-14-3-1-2-4-15(14)18-12-16/h1-4,6,8,10H,5,7,9,11-12,17H2. The van der Waals surface area contributed by atoms with Crippen molar-refractivity contribution in [1.82, 2.24) is 0 Å². The Kier molecular flexibility index (Phi) is 3.58. The van der Waals surface area contributed by atoms with Crippen molar-refractivity contribution in [2.75, 3.05) is 13.2 Å². The molecule has 0 radical (unpaired) electrons. The first kappa shape index (κ1) is 12.7. The summed E-state index contributed by atoms with van der Waals surface area (Å²) in [5.41, 5.74) is 8.86. The second-order valence-corrected chi connectivity index (χ2v) is 6.19. The molecule has 1 aromatic heterocycles. The summed E-state index contributed by atoms with van der Waals surface area (Å²) >= 11 is 1.76. The van der Waals surface area contributed by atoms with Crippen molar-refractivity contribution in [2.24, 2.45) is 11.1 Å². The summed E-state index contributed by atoms with van der Waals surface area (Å²) < 4.78 is 5.92. The van der Waals surface area contributed by atoms with Crippen molar-refractivity contribution in [3.63, 3.8) is 0 Å². The summed E-state index contributed by atoms with van der Waals surface area (Å²) in [5.74, 6) is 1.03. The lowest BCUT2D eigenvalue weighted by atomic mass is 9.76. The fourth-order valence-corrected chi connectivity index (χ4v) is 3.42. The molecule has 3 heteroatoms. The van der Waals surface area contributed by atoms with Gasteiger partial charge in [0.2, 0.25) is 0 Å². The Hall–Kier alpha value is -1.32. The lowest BCUT2D eigenvalue weighted by Gasteiger charge is -2.37. The van der Waals surface area contributed by atoms with Crippen LogP contribution in [0.3, 0.4) is 0 Å². The normalized spacial score (nSPS) is 21.7. The maximum atomic E-state index is 6.06. The number of nitrogens with two attached hydrogens (primary N) is 1. The fourth-order valence-electron chi connectivity index (χ4n) is 2.71. The van der Waals surface area contributed by atoms with Crippen LogP contribution >= 0.6 is 11.3 Å². The van der Waals surface area contributed by atoms with Crippen LogP contribution in [-0.4, -0.2) is 13.2 Å². The van der Waals surface area contributed by atoms with E-state index >= 15 is 0 Å². The minimum atomic E-state index is 0.0935. The Morgan fingerprint density at radius 3 is 2.95 bits per heavy atom. The van der Waals surface area contributed by atoms with Crippen LogP contribution in [0, 0.1) is 5.41 Å². The third kappa shape index (κ3) is 2.67. The molecule has 0 spiro atoms. The lowest BCUT2D eigenvalue weighted by Crippen LogP contribution is -2.41. The summed E-state index contributed by atoms with van der Waals surface area (Å²) in [5, 5.41) is 4.36. The summed E-state index contributed by atoms with van der Waals surface area (Å²) in [7, 11) is 0. The largest absolute Gasteiger partial charge is 0.493 e. The van der Waals surface area contributed by atoms with Crippen LogP contribution in [0.15, 0.2) is 41.1 Å². The number of ether oxygens (including phenoxy) is 1. The van der Waals surface area contributed by atoms with Crippen molar-refractivity contribution in [3.05, 3.63) is 52.2 Å². The quantitative estimate of drug-likeness (QED) is 0.928. The first-order valence-corrected chi connectivity index (χ1v) is 7.67. The molecule has 0 saturated carbocycles. The zero-order valence-corrected chi connectivity index (χ0v) is 11.8. The van der Waals surface area contributed by atoms with Gasteiger partial charge in [0.25, 0.3) is 0 Å². The molecule has 19 heavy (non-hydrogen) atoms. The van der Waals surface area contributed by atoms with Crippen LogP contribution in [0.1, 0.15) is 17.5 Å². The van der Waals surface area contributed by atoms with E-state index < -0.39 is 0 Å². The predicted octanol–water partition coefficient (Wildman–Crippen LogP) is 3.26. The minimum absolute atomic E-state index is 0.0935. The maximum Gasteiger partial charge on any atom is 0.122 e. The lowest BCUT2D eigenvalue weighted by molar-refractivity contribution is 0.117. The first-order valence-electron chi connectivity index (χ1n) is 6.73.